The summed E-state index contributed by atoms with van der Waals surface area (Å²) >= 11 is 0. The first-order valence-corrected chi connectivity index (χ1v) is 6.49. The molecule has 2 rings (SSSR count). The van der Waals surface area contributed by atoms with Crippen molar-refractivity contribution in [3.8, 4) is 11.3 Å². The molecule has 0 fully saturated rings. The Bertz CT molecular complexity index is 615. The van der Waals surface area contributed by atoms with Gasteiger partial charge in [0.2, 0.25) is 5.69 Å². The SMILES string of the molecule is [2H]c1c(C)c(C(C)C)cc(-c2ccccc2C)[n+]1C. The summed E-state index contributed by atoms with van der Waals surface area (Å²) in [5.74, 6) is 0.438. The van der Waals surface area contributed by atoms with Crippen molar-refractivity contribution >= 4 is 0 Å². The second-order valence-corrected chi connectivity index (χ2v) is 5.25. The maximum atomic E-state index is 8.30. The van der Waals surface area contributed by atoms with Gasteiger partial charge in [0.25, 0.3) is 0 Å². The molecule has 1 aromatic heterocycles. The molecule has 0 aliphatic rings. The highest BCUT2D eigenvalue weighted by Gasteiger charge is 2.16. The molecule has 0 saturated carbocycles. The van der Waals surface area contributed by atoms with Gasteiger partial charge in [-0.25, -0.2) is 4.57 Å². The zero-order valence-electron chi connectivity index (χ0n) is 12.9. The van der Waals surface area contributed by atoms with Gasteiger partial charge in [0.15, 0.2) is 6.17 Å². The van der Waals surface area contributed by atoms with E-state index in [1.807, 2.05) is 18.5 Å². The molecule has 0 N–H and O–H groups in total. The van der Waals surface area contributed by atoms with E-state index in [1.165, 1.54) is 16.7 Å². The Morgan fingerprint density at radius 2 is 1.78 bits per heavy atom. The molecule has 0 radical (unpaired) electrons. The number of benzene rings is 1. The zero-order valence-corrected chi connectivity index (χ0v) is 11.9. The van der Waals surface area contributed by atoms with Crippen LogP contribution in [0.4, 0.5) is 0 Å². The minimum absolute atomic E-state index is 0.438. The summed E-state index contributed by atoms with van der Waals surface area (Å²) in [7, 11) is 1.97. The van der Waals surface area contributed by atoms with E-state index in [0.29, 0.717) is 12.1 Å². The van der Waals surface area contributed by atoms with E-state index >= 15 is 0 Å². The first kappa shape index (κ1) is 11.5. The predicted octanol–water partition coefficient (Wildman–Crippen LogP) is 3.92. The normalized spacial score (nSPS) is 11.8. The van der Waals surface area contributed by atoms with Gasteiger partial charge in [-0.3, -0.25) is 0 Å². The van der Waals surface area contributed by atoms with Crippen molar-refractivity contribution < 1.29 is 5.94 Å². The largest absolute Gasteiger partial charge is 0.212 e. The fourth-order valence-corrected chi connectivity index (χ4v) is 2.45. The smallest absolute Gasteiger partial charge is 0.201 e. The fourth-order valence-electron chi connectivity index (χ4n) is 2.45. The van der Waals surface area contributed by atoms with Gasteiger partial charge in [-0.15, -0.1) is 0 Å². The van der Waals surface area contributed by atoms with Crippen LogP contribution in [0.2, 0.25) is 0 Å². The number of hydrogen-bond acceptors (Lipinski definition) is 0. The highest BCUT2D eigenvalue weighted by atomic mass is 14.9. The Hall–Kier alpha value is -1.63. The van der Waals surface area contributed by atoms with Crippen molar-refractivity contribution in [3.05, 3.63) is 53.2 Å². The average molecular weight is 241 g/mol. The third-order valence-corrected chi connectivity index (χ3v) is 3.47. The van der Waals surface area contributed by atoms with Crippen molar-refractivity contribution in [1.82, 2.24) is 0 Å². The maximum absolute atomic E-state index is 8.30. The fraction of sp³-hybridized carbons (Fsp3) is 0.353. The van der Waals surface area contributed by atoms with Crippen LogP contribution in [0.15, 0.2) is 36.5 Å². The molecule has 0 aliphatic heterocycles. The number of rotatable bonds is 2. The molecule has 0 amide bonds. The van der Waals surface area contributed by atoms with E-state index in [2.05, 4.69) is 51.1 Å². The Kier molecular flexibility index (Phi) is 3.14. The number of pyridine rings is 1. The number of aromatic nitrogens is 1. The third kappa shape index (κ3) is 2.31. The second kappa shape index (κ2) is 4.93. The maximum Gasteiger partial charge on any atom is 0.212 e. The van der Waals surface area contributed by atoms with E-state index in [1.54, 1.807) is 0 Å². The minimum atomic E-state index is 0.438. The molecule has 0 saturated heterocycles. The highest BCUT2D eigenvalue weighted by molar-refractivity contribution is 5.61. The molecule has 0 unspecified atom stereocenters. The van der Waals surface area contributed by atoms with Gasteiger partial charge in [-0.05, 0) is 37.0 Å². The quantitative estimate of drug-likeness (QED) is 0.702. The lowest BCUT2D eigenvalue weighted by molar-refractivity contribution is -0.660. The van der Waals surface area contributed by atoms with Crippen LogP contribution >= 0.6 is 0 Å². The van der Waals surface area contributed by atoms with Crippen LogP contribution in [-0.4, -0.2) is 0 Å². The van der Waals surface area contributed by atoms with E-state index in [-0.39, 0.29) is 0 Å². The van der Waals surface area contributed by atoms with Gasteiger partial charge >= 0.3 is 0 Å². The van der Waals surface area contributed by atoms with Gasteiger partial charge < -0.3 is 0 Å². The lowest BCUT2D eigenvalue weighted by Gasteiger charge is -2.11. The number of nitrogens with zero attached hydrogens (tertiary/aromatic N) is 1. The summed E-state index contributed by atoms with van der Waals surface area (Å²) in [6, 6.07) is 10.6. The number of aryl methyl sites for hydroxylation is 1. The van der Waals surface area contributed by atoms with Crippen molar-refractivity contribution in [2.24, 2.45) is 7.05 Å². The Morgan fingerprint density at radius 3 is 2.39 bits per heavy atom. The van der Waals surface area contributed by atoms with Gasteiger partial charge in [0.1, 0.15) is 8.42 Å². The summed E-state index contributed by atoms with van der Waals surface area (Å²) in [6.45, 7) is 8.53. The topological polar surface area (TPSA) is 3.88 Å². The van der Waals surface area contributed by atoms with E-state index < -0.39 is 0 Å². The molecule has 2 aromatic rings. The van der Waals surface area contributed by atoms with Crippen LogP contribution in [0.3, 0.4) is 0 Å². The second-order valence-electron chi connectivity index (χ2n) is 5.25. The summed E-state index contributed by atoms with van der Waals surface area (Å²) in [5, 5.41) is 0. The molecule has 0 aliphatic carbocycles. The van der Waals surface area contributed by atoms with Crippen molar-refractivity contribution in [1.29, 1.82) is 0 Å². The van der Waals surface area contributed by atoms with Crippen LogP contribution in [0, 0.1) is 13.8 Å². The monoisotopic (exact) mass is 241 g/mol. The van der Waals surface area contributed by atoms with Crippen LogP contribution in [0.1, 0.15) is 37.8 Å². The summed E-state index contributed by atoms with van der Waals surface area (Å²) in [4.78, 5) is 0. The Balaban J connectivity index is 2.75. The molecule has 1 nitrogen and oxygen atoms in total. The van der Waals surface area contributed by atoms with Gasteiger partial charge in [-0.1, -0.05) is 32.0 Å². The van der Waals surface area contributed by atoms with Crippen molar-refractivity contribution in [2.75, 3.05) is 0 Å². The summed E-state index contributed by atoms with van der Waals surface area (Å²) < 4.78 is 10.3. The molecular formula is C17H22N+. The molecule has 94 valence electrons. The first-order chi connectivity index (χ1) is 8.93. The standard InChI is InChI=1S/C17H22N/c1-12(2)16-10-17(18(5)11-14(16)4)15-9-7-6-8-13(15)3/h6-12H,1-5H3/q+1/i11D. The molecule has 0 spiro atoms. The molecule has 0 bridgehead atoms. The third-order valence-electron chi connectivity index (χ3n) is 3.47. The molecule has 1 aromatic carbocycles. The molecule has 1 heteroatoms. The lowest BCUT2D eigenvalue weighted by atomic mass is 9.96. The summed E-state index contributed by atoms with van der Waals surface area (Å²) in [5.41, 5.74) is 5.92. The highest BCUT2D eigenvalue weighted by Crippen LogP contribution is 2.25. The summed E-state index contributed by atoms with van der Waals surface area (Å²) in [6.07, 6.45) is 0.601. The van der Waals surface area contributed by atoms with Gasteiger partial charge in [0, 0.05) is 17.2 Å². The minimum Gasteiger partial charge on any atom is -0.201 e. The van der Waals surface area contributed by atoms with E-state index in [9.17, 15) is 0 Å². The van der Waals surface area contributed by atoms with Crippen LogP contribution in [-0.2, 0) is 7.05 Å². The molecule has 0 atom stereocenters. The van der Waals surface area contributed by atoms with Crippen LogP contribution < -0.4 is 4.57 Å². The van der Waals surface area contributed by atoms with E-state index in [4.69, 9.17) is 1.37 Å². The van der Waals surface area contributed by atoms with Crippen molar-refractivity contribution in [2.45, 2.75) is 33.6 Å². The van der Waals surface area contributed by atoms with Crippen LogP contribution in [0.25, 0.3) is 11.3 Å². The van der Waals surface area contributed by atoms with Gasteiger partial charge in [-0.2, -0.15) is 0 Å². The van der Waals surface area contributed by atoms with Crippen LogP contribution in [0.5, 0.6) is 0 Å². The van der Waals surface area contributed by atoms with Gasteiger partial charge in [0.05, 0.1) is 0 Å². The number of hydrogen-bond donors (Lipinski definition) is 0. The predicted molar refractivity (Wildman–Crippen MR) is 76.6 cm³/mol. The first-order valence-electron chi connectivity index (χ1n) is 6.99. The molecular weight excluding hydrogens is 218 g/mol. The lowest BCUT2D eigenvalue weighted by Crippen LogP contribution is -2.32. The molecule has 1 heterocycles. The Morgan fingerprint density at radius 1 is 1.11 bits per heavy atom. The molecule has 18 heavy (non-hydrogen) atoms. The van der Waals surface area contributed by atoms with Crippen molar-refractivity contribution in [3.63, 3.8) is 0 Å². The Labute approximate surface area is 112 Å². The average Bonchev–Trinajstić information content (AvgIpc) is 2.37. The zero-order chi connectivity index (χ0) is 14.2. The van der Waals surface area contributed by atoms with E-state index in [0.717, 1.165) is 11.3 Å².